The molecule has 1 heterocycles. The molecule has 0 atom stereocenters. The standard InChI is InChI=1S/C15H19N3OS/c1-3-12-4-6-13(7-5-12)10-18(2)11-14(19)17-15-16-8-9-20-15/h4-9H,3,10-11H2,1-2H3,(H,16,17,19). The highest BCUT2D eigenvalue weighted by Crippen LogP contribution is 2.10. The third kappa shape index (κ3) is 4.43. The molecule has 0 spiro atoms. The zero-order valence-electron chi connectivity index (χ0n) is 11.8. The van der Waals surface area contributed by atoms with Gasteiger partial charge in [0.25, 0.3) is 0 Å². The van der Waals surface area contributed by atoms with Crippen molar-refractivity contribution in [2.75, 3.05) is 18.9 Å². The predicted octanol–water partition coefficient (Wildman–Crippen LogP) is 2.78. The molecule has 0 saturated heterocycles. The molecule has 4 nitrogen and oxygen atoms in total. The molecule has 1 amide bonds. The van der Waals surface area contributed by atoms with Gasteiger partial charge in [0.15, 0.2) is 5.13 Å². The van der Waals surface area contributed by atoms with Crippen LogP contribution >= 0.6 is 11.3 Å². The van der Waals surface area contributed by atoms with E-state index in [1.165, 1.54) is 22.5 Å². The van der Waals surface area contributed by atoms with Gasteiger partial charge in [0.05, 0.1) is 6.54 Å². The maximum Gasteiger partial charge on any atom is 0.240 e. The van der Waals surface area contributed by atoms with Crippen LogP contribution in [0.5, 0.6) is 0 Å². The zero-order chi connectivity index (χ0) is 14.4. The number of aryl methyl sites for hydroxylation is 1. The fraction of sp³-hybridized carbons (Fsp3) is 0.333. The van der Waals surface area contributed by atoms with Crippen LogP contribution in [0, 0.1) is 0 Å². The quantitative estimate of drug-likeness (QED) is 0.889. The molecule has 0 bridgehead atoms. The Labute approximate surface area is 123 Å². The Hall–Kier alpha value is -1.72. The molecular formula is C15H19N3OS. The fourth-order valence-electron chi connectivity index (χ4n) is 1.94. The van der Waals surface area contributed by atoms with Gasteiger partial charge < -0.3 is 5.32 Å². The number of carbonyl (C=O) groups excluding carboxylic acids is 1. The summed E-state index contributed by atoms with van der Waals surface area (Å²) in [6.07, 6.45) is 2.73. The van der Waals surface area contributed by atoms with E-state index in [9.17, 15) is 4.79 Å². The van der Waals surface area contributed by atoms with E-state index in [-0.39, 0.29) is 5.91 Å². The second kappa shape index (κ2) is 7.17. The first kappa shape index (κ1) is 14.7. The van der Waals surface area contributed by atoms with Crippen molar-refractivity contribution in [3.8, 4) is 0 Å². The van der Waals surface area contributed by atoms with E-state index in [1.54, 1.807) is 6.20 Å². The summed E-state index contributed by atoms with van der Waals surface area (Å²) in [4.78, 5) is 17.8. The lowest BCUT2D eigenvalue weighted by Gasteiger charge is -2.16. The third-order valence-corrected chi connectivity index (χ3v) is 3.66. The summed E-state index contributed by atoms with van der Waals surface area (Å²) in [6.45, 7) is 3.26. The van der Waals surface area contributed by atoms with Crippen LogP contribution in [0.15, 0.2) is 35.8 Å². The Bertz CT molecular complexity index is 537. The maximum atomic E-state index is 11.8. The van der Waals surface area contributed by atoms with Crippen molar-refractivity contribution in [2.45, 2.75) is 19.9 Å². The molecule has 0 saturated carbocycles. The van der Waals surface area contributed by atoms with Crippen molar-refractivity contribution < 1.29 is 4.79 Å². The highest BCUT2D eigenvalue weighted by molar-refractivity contribution is 7.13. The summed E-state index contributed by atoms with van der Waals surface area (Å²) in [6, 6.07) is 8.51. The van der Waals surface area contributed by atoms with E-state index in [0.717, 1.165) is 13.0 Å². The summed E-state index contributed by atoms with van der Waals surface area (Å²) in [7, 11) is 1.94. The Morgan fingerprint density at radius 3 is 2.60 bits per heavy atom. The number of hydrogen-bond acceptors (Lipinski definition) is 4. The molecule has 2 rings (SSSR count). The minimum Gasteiger partial charge on any atom is -0.301 e. The number of amides is 1. The lowest BCUT2D eigenvalue weighted by atomic mass is 10.1. The number of thiazole rings is 1. The van der Waals surface area contributed by atoms with E-state index in [4.69, 9.17) is 0 Å². The molecule has 0 fully saturated rings. The largest absolute Gasteiger partial charge is 0.301 e. The normalized spacial score (nSPS) is 10.8. The van der Waals surface area contributed by atoms with Crippen molar-refractivity contribution in [1.82, 2.24) is 9.88 Å². The van der Waals surface area contributed by atoms with Crippen molar-refractivity contribution in [1.29, 1.82) is 0 Å². The van der Waals surface area contributed by atoms with Crippen LogP contribution in [0.4, 0.5) is 5.13 Å². The topological polar surface area (TPSA) is 45.2 Å². The minimum absolute atomic E-state index is 0.0346. The molecule has 1 aromatic heterocycles. The van der Waals surface area contributed by atoms with Crippen LogP contribution in [-0.4, -0.2) is 29.4 Å². The van der Waals surface area contributed by atoms with Gasteiger partial charge in [-0.1, -0.05) is 31.2 Å². The Balaban J connectivity index is 1.82. The number of carbonyl (C=O) groups is 1. The maximum absolute atomic E-state index is 11.8. The highest BCUT2D eigenvalue weighted by Gasteiger charge is 2.08. The van der Waals surface area contributed by atoms with Crippen LogP contribution in [0.25, 0.3) is 0 Å². The average Bonchev–Trinajstić information content (AvgIpc) is 2.92. The van der Waals surface area contributed by atoms with Gasteiger partial charge in [-0.2, -0.15) is 0 Å². The summed E-state index contributed by atoms with van der Waals surface area (Å²) in [5, 5.41) is 5.27. The van der Waals surface area contributed by atoms with E-state index < -0.39 is 0 Å². The van der Waals surface area contributed by atoms with E-state index in [2.05, 4.69) is 41.5 Å². The molecular weight excluding hydrogens is 270 g/mol. The van der Waals surface area contributed by atoms with Gasteiger partial charge in [0.2, 0.25) is 5.91 Å². The summed E-state index contributed by atoms with van der Waals surface area (Å²) < 4.78 is 0. The Morgan fingerprint density at radius 2 is 2.00 bits per heavy atom. The number of hydrogen-bond donors (Lipinski definition) is 1. The number of nitrogens with zero attached hydrogens (tertiary/aromatic N) is 2. The number of anilines is 1. The predicted molar refractivity (Wildman–Crippen MR) is 82.9 cm³/mol. The van der Waals surface area contributed by atoms with Gasteiger partial charge in [-0.3, -0.25) is 9.69 Å². The van der Waals surface area contributed by atoms with Crippen molar-refractivity contribution in [3.63, 3.8) is 0 Å². The molecule has 20 heavy (non-hydrogen) atoms. The SMILES string of the molecule is CCc1ccc(CN(C)CC(=O)Nc2nccs2)cc1. The van der Waals surface area contributed by atoms with Gasteiger partial charge in [-0.15, -0.1) is 11.3 Å². The van der Waals surface area contributed by atoms with Crippen LogP contribution in [0.1, 0.15) is 18.1 Å². The lowest BCUT2D eigenvalue weighted by Crippen LogP contribution is -2.29. The molecule has 0 aliphatic rings. The molecule has 1 N–H and O–H groups in total. The van der Waals surface area contributed by atoms with Crippen LogP contribution in [-0.2, 0) is 17.8 Å². The van der Waals surface area contributed by atoms with Gasteiger partial charge in [0.1, 0.15) is 0 Å². The Kier molecular flexibility index (Phi) is 5.26. The number of likely N-dealkylation sites (N-methyl/N-ethyl adjacent to an activating group) is 1. The molecule has 2 aromatic rings. The summed E-state index contributed by atoms with van der Waals surface area (Å²) >= 11 is 1.42. The molecule has 0 aliphatic carbocycles. The van der Waals surface area contributed by atoms with Gasteiger partial charge in [0, 0.05) is 18.1 Å². The number of aromatic nitrogens is 1. The molecule has 0 radical (unpaired) electrons. The Morgan fingerprint density at radius 1 is 1.30 bits per heavy atom. The average molecular weight is 289 g/mol. The fourth-order valence-corrected chi connectivity index (χ4v) is 2.48. The van der Waals surface area contributed by atoms with Crippen LogP contribution < -0.4 is 5.32 Å². The molecule has 0 aliphatic heterocycles. The second-order valence-corrected chi connectivity index (χ2v) is 5.62. The first-order chi connectivity index (χ1) is 9.67. The van der Waals surface area contributed by atoms with Crippen molar-refractivity contribution >= 4 is 22.4 Å². The third-order valence-electron chi connectivity index (χ3n) is 2.98. The number of rotatable bonds is 6. The smallest absolute Gasteiger partial charge is 0.240 e. The summed E-state index contributed by atoms with van der Waals surface area (Å²) in [5.41, 5.74) is 2.55. The van der Waals surface area contributed by atoms with Gasteiger partial charge in [-0.25, -0.2) is 4.98 Å². The van der Waals surface area contributed by atoms with Crippen molar-refractivity contribution in [3.05, 3.63) is 47.0 Å². The molecule has 106 valence electrons. The zero-order valence-corrected chi connectivity index (χ0v) is 12.6. The second-order valence-electron chi connectivity index (χ2n) is 4.73. The first-order valence-corrected chi connectivity index (χ1v) is 7.51. The molecule has 0 unspecified atom stereocenters. The highest BCUT2D eigenvalue weighted by atomic mass is 32.1. The lowest BCUT2D eigenvalue weighted by molar-refractivity contribution is -0.117. The van der Waals surface area contributed by atoms with E-state index in [0.29, 0.717) is 11.7 Å². The summed E-state index contributed by atoms with van der Waals surface area (Å²) in [5.74, 6) is -0.0346. The number of benzene rings is 1. The van der Waals surface area contributed by atoms with E-state index in [1.807, 2.05) is 17.3 Å². The number of nitrogens with one attached hydrogen (secondary N) is 1. The first-order valence-electron chi connectivity index (χ1n) is 6.63. The van der Waals surface area contributed by atoms with Crippen LogP contribution in [0.2, 0.25) is 0 Å². The van der Waals surface area contributed by atoms with Gasteiger partial charge in [-0.05, 0) is 24.6 Å². The molecule has 5 heteroatoms. The van der Waals surface area contributed by atoms with Crippen LogP contribution in [0.3, 0.4) is 0 Å². The van der Waals surface area contributed by atoms with E-state index >= 15 is 0 Å². The van der Waals surface area contributed by atoms with Crippen molar-refractivity contribution in [2.24, 2.45) is 0 Å². The van der Waals surface area contributed by atoms with Gasteiger partial charge >= 0.3 is 0 Å². The molecule has 1 aromatic carbocycles. The minimum atomic E-state index is -0.0346. The monoisotopic (exact) mass is 289 g/mol.